The quantitative estimate of drug-likeness (QED) is 0.756. The molecule has 0 saturated carbocycles. The van der Waals surface area contributed by atoms with Gasteiger partial charge in [-0.2, -0.15) is 9.97 Å². The van der Waals surface area contributed by atoms with Crippen LogP contribution in [0.2, 0.25) is 0 Å². The van der Waals surface area contributed by atoms with Gasteiger partial charge in [0, 0.05) is 19.3 Å². The highest BCUT2D eigenvalue weighted by Crippen LogP contribution is 2.25. The fourth-order valence-corrected chi connectivity index (χ4v) is 2.66. The minimum absolute atomic E-state index is 0.121. The first-order chi connectivity index (χ1) is 11.2. The van der Waals surface area contributed by atoms with E-state index in [9.17, 15) is 5.11 Å². The summed E-state index contributed by atoms with van der Waals surface area (Å²) in [6.45, 7) is 4.61. The first-order valence-corrected chi connectivity index (χ1v) is 7.43. The molecule has 0 aliphatic carbocycles. The topological polar surface area (TPSA) is 89.2 Å². The van der Waals surface area contributed by atoms with E-state index in [1.807, 2.05) is 24.0 Å². The maximum Gasteiger partial charge on any atom is 0.244 e. The molecule has 8 heteroatoms. The lowest BCUT2D eigenvalue weighted by Gasteiger charge is -2.26. The molecule has 3 aromatic heterocycles. The van der Waals surface area contributed by atoms with Crippen LogP contribution >= 0.6 is 0 Å². The summed E-state index contributed by atoms with van der Waals surface area (Å²) in [4.78, 5) is 19.4. The Morgan fingerprint density at radius 2 is 2.00 bits per heavy atom. The van der Waals surface area contributed by atoms with E-state index >= 15 is 0 Å². The molecule has 0 aromatic carbocycles. The van der Waals surface area contributed by atoms with Crippen LogP contribution in [0.3, 0.4) is 0 Å². The van der Waals surface area contributed by atoms with Gasteiger partial charge in [0.15, 0.2) is 11.2 Å². The first-order valence-electron chi connectivity index (χ1n) is 7.43. The number of aromatic hydroxyl groups is 1. The van der Waals surface area contributed by atoms with Gasteiger partial charge in [0.1, 0.15) is 12.1 Å². The average molecular weight is 312 g/mol. The Labute approximate surface area is 132 Å². The fraction of sp³-hybridized carbons (Fsp3) is 0.333. The Kier molecular flexibility index (Phi) is 3.30. The Bertz CT molecular complexity index is 856. The summed E-state index contributed by atoms with van der Waals surface area (Å²) in [6, 6.07) is 3.85. The summed E-state index contributed by atoms with van der Waals surface area (Å²) in [5.41, 5.74) is 1.91. The highest BCUT2D eigenvalue weighted by Gasteiger charge is 2.20. The van der Waals surface area contributed by atoms with Crippen molar-refractivity contribution in [3.8, 4) is 11.7 Å². The molecule has 0 radical (unpaired) electrons. The molecule has 1 N–H and O–H groups in total. The van der Waals surface area contributed by atoms with Gasteiger partial charge in [0.2, 0.25) is 11.8 Å². The summed E-state index contributed by atoms with van der Waals surface area (Å²) < 4.78 is 7.12. The number of fused-ring (bicyclic) bond motifs is 1. The maximum absolute atomic E-state index is 10.2. The fourth-order valence-electron chi connectivity index (χ4n) is 2.66. The van der Waals surface area contributed by atoms with Crippen molar-refractivity contribution in [3.05, 3.63) is 30.2 Å². The number of morpholine rings is 1. The number of anilines is 1. The molecule has 1 fully saturated rings. The molecule has 0 amide bonds. The van der Waals surface area contributed by atoms with Crippen LogP contribution in [0.1, 0.15) is 5.56 Å². The van der Waals surface area contributed by atoms with Gasteiger partial charge < -0.3 is 14.7 Å². The van der Waals surface area contributed by atoms with Gasteiger partial charge in [-0.3, -0.25) is 4.57 Å². The summed E-state index contributed by atoms with van der Waals surface area (Å²) in [5, 5.41) is 10.2. The van der Waals surface area contributed by atoms with E-state index in [-0.39, 0.29) is 5.88 Å². The Balaban J connectivity index is 1.87. The SMILES string of the molecule is Cc1cccnc1-n1cnc2c(O)nc(N3CCOCC3)nc21. The molecule has 0 spiro atoms. The van der Waals surface area contributed by atoms with Crippen LogP contribution in [-0.4, -0.2) is 55.9 Å². The van der Waals surface area contributed by atoms with Gasteiger partial charge in [-0.15, -0.1) is 0 Å². The van der Waals surface area contributed by atoms with E-state index in [1.165, 1.54) is 0 Å². The van der Waals surface area contributed by atoms with Crippen LogP contribution < -0.4 is 4.90 Å². The molecule has 3 aromatic rings. The highest BCUT2D eigenvalue weighted by atomic mass is 16.5. The zero-order valence-electron chi connectivity index (χ0n) is 12.7. The van der Waals surface area contributed by atoms with E-state index in [0.29, 0.717) is 43.4 Å². The van der Waals surface area contributed by atoms with E-state index in [0.717, 1.165) is 11.4 Å². The molecule has 8 nitrogen and oxygen atoms in total. The van der Waals surface area contributed by atoms with Crippen LogP contribution in [0.25, 0.3) is 17.0 Å². The number of hydrogen-bond acceptors (Lipinski definition) is 7. The molecule has 4 rings (SSSR count). The highest BCUT2D eigenvalue weighted by molar-refractivity contribution is 5.79. The lowest BCUT2D eigenvalue weighted by Crippen LogP contribution is -2.37. The molecule has 118 valence electrons. The largest absolute Gasteiger partial charge is 0.492 e. The number of ether oxygens (including phenoxy) is 1. The predicted octanol–water partition coefficient (Wildman–Crippen LogP) is 1.06. The lowest BCUT2D eigenvalue weighted by atomic mass is 10.3. The minimum Gasteiger partial charge on any atom is -0.492 e. The van der Waals surface area contributed by atoms with Gasteiger partial charge >= 0.3 is 0 Å². The molecule has 1 aliphatic heterocycles. The Hall–Kier alpha value is -2.74. The minimum atomic E-state index is -0.121. The average Bonchev–Trinajstić information content (AvgIpc) is 3.00. The molecule has 0 atom stereocenters. The number of aryl methyl sites for hydroxylation is 1. The lowest BCUT2D eigenvalue weighted by molar-refractivity contribution is 0.122. The molecule has 1 saturated heterocycles. The van der Waals surface area contributed by atoms with Crippen molar-refractivity contribution >= 4 is 17.1 Å². The number of aromatic nitrogens is 5. The monoisotopic (exact) mass is 312 g/mol. The number of pyridine rings is 1. The van der Waals surface area contributed by atoms with Crippen molar-refractivity contribution in [1.29, 1.82) is 0 Å². The standard InChI is InChI=1S/C15H16N6O2/c1-10-3-2-4-16-12(10)21-9-17-11-13(21)18-15(19-14(11)22)20-5-7-23-8-6-20/h2-4,9H,5-8H2,1H3,(H,18,19,22). The van der Waals surface area contributed by atoms with Crippen molar-refractivity contribution in [2.45, 2.75) is 6.92 Å². The smallest absolute Gasteiger partial charge is 0.244 e. The summed E-state index contributed by atoms with van der Waals surface area (Å²) in [7, 11) is 0. The van der Waals surface area contributed by atoms with E-state index < -0.39 is 0 Å². The van der Waals surface area contributed by atoms with Crippen molar-refractivity contribution in [2.24, 2.45) is 0 Å². The van der Waals surface area contributed by atoms with Crippen molar-refractivity contribution in [3.63, 3.8) is 0 Å². The molecule has 0 unspecified atom stereocenters. The number of imidazole rings is 1. The van der Waals surface area contributed by atoms with Gasteiger partial charge in [-0.1, -0.05) is 6.07 Å². The van der Waals surface area contributed by atoms with Gasteiger partial charge in [-0.25, -0.2) is 9.97 Å². The second-order valence-electron chi connectivity index (χ2n) is 5.38. The predicted molar refractivity (Wildman–Crippen MR) is 83.9 cm³/mol. The van der Waals surface area contributed by atoms with E-state index in [1.54, 1.807) is 17.1 Å². The van der Waals surface area contributed by atoms with Crippen LogP contribution in [0.5, 0.6) is 5.88 Å². The molecule has 0 bridgehead atoms. The van der Waals surface area contributed by atoms with E-state index in [4.69, 9.17) is 4.74 Å². The van der Waals surface area contributed by atoms with Gasteiger partial charge in [0.05, 0.1) is 13.2 Å². The third-order valence-corrected chi connectivity index (χ3v) is 3.87. The second kappa shape index (κ2) is 5.47. The molecule has 4 heterocycles. The Morgan fingerprint density at radius 1 is 1.17 bits per heavy atom. The van der Waals surface area contributed by atoms with Crippen molar-refractivity contribution in [1.82, 2.24) is 24.5 Å². The summed E-state index contributed by atoms with van der Waals surface area (Å²) in [5.74, 6) is 1.10. The zero-order valence-corrected chi connectivity index (χ0v) is 12.7. The normalized spacial score (nSPS) is 15.3. The molecular formula is C15H16N6O2. The van der Waals surface area contributed by atoms with Crippen molar-refractivity contribution in [2.75, 3.05) is 31.2 Å². The van der Waals surface area contributed by atoms with Crippen LogP contribution in [0, 0.1) is 6.92 Å². The number of rotatable bonds is 2. The van der Waals surface area contributed by atoms with Crippen LogP contribution in [0.15, 0.2) is 24.7 Å². The second-order valence-corrected chi connectivity index (χ2v) is 5.38. The molecule has 23 heavy (non-hydrogen) atoms. The molecular weight excluding hydrogens is 296 g/mol. The zero-order chi connectivity index (χ0) is 15.8. The van der Waals surface area contributed by atoms with Gasteiger partial charge in [0.25, 0.3) is 0 Å². The number of nitrogens with zero attached hydrogens (tertiary/aromatic N) is 6. The summed E-state index contributed by atoms with van der Waals surface area (Å²) in [6.07, 6.45) is 3.33. The van der Waals surface area contributed by atoms with Crippen LogP contribution in [-0.2, 0) is 4.74 Å². The third-order valence-electron chi connectivity index (χ3n) is 3.87. The maximum atomic E-state index is 10.2. The van der Waals surface area contributed by atoms with Crippen LogP contribution in [0.4, 0.5) is 5.95 Å². The molecule has 1 aliphatic rings. The first kappa shape index (κ1) is 13.9. The third kappa shape index (κ3) is 2.36. The Morgan fingerprint density at radius 3 is 2.78 bits per heavy atom. The number of hydrogen-bond donors (Lipinski definition) is 1. The van der Waals surface area contributed by atoms with Crippen molar-refractivity contribution < 1.29 is 9.84 Å². The van der Waals surface area contributed by atoms with E-state index in [2.05, 4.69) is 19.9 Å². The summed E-state index contributed by atoms with van der Waals surface area (Å²) >= 11 is 0. The van der Waals surface area contributed by atoms with Gasteiger partial charge in [-0.05, 0) is 18.6 Å².